The summed E-state index contributed by atoms with van der Waals surface area (Å²) in [5.74, 6) is -1.49. The van der Waals surface area contributed by atoms with Crippen molar-refractivity contribution < 1.29 is 24.3 Å². The third-order valence-electron chi connectivity index (χ3n) is 5.68. The van der Waals surface area contributed by atoms with E-state index in [2.05, 4.69) is 10.6 Å². The summed E-state index contributed by atoms with van der Waals surface area (Å²) in [6, 6.07) is 10.6. The number of nitrogens with zero attached hydrogens (tertiary/aromatic N) is 1. The summed E-state index contributed by atoms with van der Waals surface area (Å²) < 4.78 is 0. The minimum Gasteiger partial charge on any atom is -0.481 e. The van der Waals surface area contributed by atoms with Crippen molar-refractivity contribution in [3.63, 3.8) is 0 Å². The number of imide groups is 1. The predicted molar refractivity (Wildman–Crippen MR) is 114 cm³/mol. The molecule has 0 atom stereocenters. The van der Waals surface area contributed by atoms with Crippen LogP contribution in [0.2, 0.25) is 0 Å². The Kier molecular flexibility index (Phi) is 5.70. The van der Waals surface area contributed by atoms with E-state index in [1.54, 1.807) is 36.4 Å². The molecule has 8 heteroatoms. The molecule has 0 aromatic heterocycles. The van der Waals surface area contributed by atoms with Gasteiger partial charge in [-0.2, -0.15) is 0 Å². The van der Waals surface area contributed by atoms with E-state index < -0.39 is 12.0 Å². The zero-order valence-electron chi connectivity index (χ0n) is 16.9. The molecule has 2 aromatic rings. The fourth-order valence-corrected chi connectivity index (χ4v) is 4.18. The van der Waals surface area contributed by atoms with Gasteiger partial charge in [0.2, 0.25) is 0 Å². The summed E-state index contributed by atoms with van der Waals surface area (Å²) >= 11 is 0. The number of anilines is 2. The van der Waals surface area contributed by atoms with Gasteiger partial charge in [0.25, 0.3) is 11.8 Å². The number of benzene rings is 2. The second-order valence-corrected chi connectivity index (χ2v) is 7.88. The Bertz CT molecular complexity index is 1040. The summed E-state index contributed by atoms with van der Waals surface area (Å²) in [7, 11) is 0. The monoisotopic (exact) mass is 421 g/mol. The molecule has 2 aliphatic rings. The fraction of sp³-hybridized carbons (Fsp3) is 0.304. The Hall–Kier alpha value is -3.68. The number of carbonyl (C=O) groups is 4. The van der Waals surface area contributed by atoms with Crippen LogP contribution in [-0.4, -0.2) is 39.9 Å². The Morgan fingerprint density at radius 3 is 2.16 bits per heavy atom. The summed E-state index contributed by atoms with van der Waals surface area (Å²) in [6.07, 6.45) is 4.75. The SMILES string of the molecule is O=C(O)Cc1ccc(NC(=O)Nc2ccc3c(c2)C(=O)N(C2CCCCC2)C3=O)cc1. The Labute approximate surface area is 179 Å². The van der Waals surface area contributed by atoms with Gasteiger partial charge in [0, 0.05) is 17.4 Å². The summed E-state index contributed by atoms with van der Waals surface area (Å²) in [4.78, 5) is 50.1. The van der Waals surface area contributed by atoms with Crippen molar-refractivity contribution >= 4 is 35.2 Å². The fourth-order valence-electron chi connectivity index (χ4n) is 4.18. The first-order valence-corrected chi connectivity index (χ1v) is 10.3. The minimum atomic E-state index is -0.926. The van der Waals surface area contributed by atoms with Crippen molar-refractivity contribution in [1.29, 1.82) is 0 Å². The third-order valence-corrected chi connectivity index (χ3v) is 5.68. The molecule has 8 nitrogen and oxygen atoms in total. The van der Waals surface area contributed by atoms with Gasteiger partial charge in [0.15, 0.2) is 0 Å². The van der Waals surface area contributed by atoms with Gasteiger partial charge in [-0.15, -0.1) is 0 Å². The predicted octanol–water partition coefficient (Wildman–Crippen LogP) is 3.89. The standard InChI is InChI=1S/C23H23N3O5/c27-20(28)12-14-6-8-15(9-7-14)24-23(31)25-16-10-11-18-19(13-16)22(30)26(21(18)29)17-4-2-1-3-5-17/h6-11,13,17H,1-5,12H2,(H,27,28)(H2,24,25,31). The summed E-state index contributed by atoms with van der Waals surface area (Å²) in [5, 5.41) is 14.1. The van der Waals surface area contributed by atoms with Crippen LogP contribution in [-0.2, 0) is 11.2 Å². The van der Waals surface area contributed by atoms with Crippen molar-refractivity contribution in [2.24, 2.45) is 0 Å². The zero-order valence-corrected chi connectivity index (χ0v) is 16.9. The first-order chi connectivity index (χ1) is 14.9. The van der Waals surface area contributed by atoms with E-state index in [-0.39, 0.29) is 24.3 Å². The number of hydrogen-bond donors (Lipinski definition) is 3. The van der Waals surface area contributed by atoms with E-state index in [0.717, 1.165) is 32.1 Å². The van der Waals surface area contributed by atoms with E-state index in [1.165, 1.54) is 11.0 Å². The first-order valence-electron chi connectivity index (χ1n) is 10.3. The molecule has 1 fully saturated rings. The number of carbonyl (C=O) groups excluding carboxylic acids is 3. The van der Waals surface area contributed by atoms with Gasteiger partial charge in [-0.3, -0.25) is 19.3 Å². The summed E-state index contributed by atoms with van der Waals surface area (Å²) in [5.41, 5.74) is 2.22. The summed E-state index contributed by atoms with van der Waals surface area (Å²) in [6.45, 7) is 0. The lowest BCUT2D eigenvalue weighted by molar-refractivity contribution is -0.136. The van der Waals surface area contributed by atoms with Crippen LogP contribution in [0.15, 0.2) is 42.5 Å². The number of aliphatic carboxylic acids is 1. The Morgan fingerprint density at radius 1 is 0.871 bits per heavy atom. The molecule has 160 valence electrons. The van der Waals surface area contributed by atoms with E-state index in [1.807, 2.05) is 0 Å². The molecule has 31 heavy (non-hydrogen) atoms. The molecule has 1 heterocycles. The van der Waals surface area contributed by atoms with Crippen LogP contribution >= 0.6 is 0 Å². The quantitative estimate of drug-likeness (QED) is 0.634. The lowest BCUT2D eigenvalue weighted by Gasteiger charge is -2.29. The van der Waals surface area contributed by atoms with Gasteiger partial charge < -0.3 is 15.7 Å². The molecular formula is C23H23N3O5. The molecule has 4 rings (SSSR count). The van der Waals surface area contributed by atoms with E-state index in [9.17, 15) is 19.2 Å². The second-order valence-electron chi connectivity index (χ2n) is 7.88. The molecule has 1 saturated carbocycles. The Balaban J connectivity index is 1.42. The highest BCUT2D eigenvalue weighted by Gasteiger charge is 2.40. The highest BCUT2D eigenvalue weighted by atomic mass is 16.4. The number of nitrogens with one attached hydrogen (secondary N) is 2. The average molecular weight is 421 g/mol. The van der Waals surface area contributed by atoms with Gasteiger partial charge in [-0.25, -0.2) is 4.79 Å². The van der Waals surface area contributed by atoms with E-state index >= 15 is 0 Å². The number of rotatable bonds is 5. The van der Waals surface area contributed by atoms with Crippen molar-refractivity contribution in [1.82, 2.24) is 4.90 Å². The third kappa shape index (κ3) is 4.42. The molecule has 2 aromatic carbocycles. The number of carboxylic acids is 1. The van der Waals surface area contributed by atoms with Crippen molar-refractivity contribution in [3.05, 3.63) is 59.2 Å². The smallest absolute Gasteiger partial charge is 0.323 e. The van der Waals surface area contributed by atoms with Crippen LogP contribution in [0.4, 0.5) is 16.2 Å². The van der Waals surface area contributed by atoms with Crippen LogP contribution in [0.25, 0.3) is 0 Å². The Morgan fingerprint density at radius 2 is 1.48 bits per heavy atom. The molecule has 4 amide bonds. The highest BCUT2D eigenvalue weighted by Crippen LogP contribution is 2.32. The first kappa shape index (κ1) is 20.6. The van der Waals surface area contributed by atoms with Crippen LogP contribution in [0.1, 0.15) is 58.4 Å². The highest BCUT2D eigenvalue weighted by molar-refractivity contribution is 6.22. The number of hydrogen-bond acceptors (Lipinski definition) is 4. The van der Waals surface area contributed by atoms with Crippen LogP contribution < -0.4 is 10.6 Å². The van der Waals surface area contributed by atoms with E-state index in [0.29, 0.717) is 28.1 Å². The van der Waals surface area contributed by atoms with Gasteiger partial charge in [-0.05, 0) is 48.7 Å². The van der Waals surface area contributed by atoms with Crippen LogP contribution in [0, 0.1) is 0 Å². The maximum Gasteiger partial charge on any atom is 0.323 e. The average Bonchev–Trinajstić information content (AvgIpc) is 2.99. The molecule has 3 N–H and O–H groups in total. The van der Waals surface area contributed by atoms with Crippen LogP contribution in [0.3, 0.4) is 0 Å². The molecule has 0 radical (unpaired) electrons. The number of amides is 4. The van der Waals surface area contributed by atoms with Crippen molar-refractivity contribution in [3.8, 4) is 0 Å². The largest absolute Gasteiger partial charge is 0.481 e. The van der Waals surface area contributed by atoms with Gasteiger partial charge in [0.05, 0.1) is 17.5 Å². The molecule has 0 saturated heterocycles. The zero-order chi connectivity index (χ0) is 22.0. The second kappa shape index (κ2) is 8.59. The van der Waals surface area contributed by atoms with Crippen LogP contribution in [0.5, 0.6) is 0 Å². The lowest BCUT2D eigenvalue weighted by atomic mass is 9.94. The number of fused-ring (bicyclic) bond motifs is 1. The van der Waals surface area contributed by atoms with E-state index in [4.69, 9.17) is 5.11 Å². The minimum absolute atomic E-state index is 0.0510. The van der Waals surface area contributed by atoms with Gasteiger partial charge in [-0.1, -0.05) is 31.4 Å². The normalized spacial score (nSPS) is 16.2. The van der Waals surface area contributed by atoms with Gasteiger partial charge >= 0.3 is 12.0 Å². The van der Waals surface area contributed by atoms with Gasteiger partial charge in [0.1, 0.15) is 0 Å². The number of urea groups is 1. The molecule has 0 unspecified atom stereocenters. The maximum absolute atomic E-state index is 12.9. The van der Waals surface area contributed by atoms with Crippen molar-refractivity contribution in [2.75, 3.05) is 10.6 Å². The molecule has 0 bridgehead atoms. The van der Waals surface area contributed by atoms with Crippen molar-refractivity contribution in [2.45, 2.75) is 44.6 Å². The molecule has 1 aliphatic heterocycles. The lowest BCUT2D eigenvalue weighted by Crippen LogP contribution is -2.40. The number of carboxylic acid groups (broad SMARTS) is 1. The molecule has 1 aliphatic carbocycles. The topological polar surface area (TPSA) is 116 Å². The molecule has 0 spiro atoms. The molecular weight excluding hydrogens is 398 g/mol. The maximum atomic E-state index is 12.9.